The molecule has 0 bridgehead atoms. The summed E-state index contributed by atoms with van der Waals surface area (Å²) in [7, 11) is 1.63. The van der Waals surface area contributed by atoms with Gasteiger partial charge in [0.1, 0.15) is 5.75 Å². The number of aryl methyl sites for hydroxylation is 1. The SMILES string of the molecule is COc1cc(C)ccc1NCc1ccc(O)c(O)c1. The maximum Gasteiger partial charge on any atom is 0.157 e. The first kappa shape index (κ1) is 13.1. The van der Waals surface area contributed by atoms with Crippen LogP contribution < -0.4 is 10.1 Å². The van der Waals surface area contributed by atoms with E-state index in [9.17, 15) is 10.2 Å². The number of methoxy groups -OCH3 is 1. The monoisotopic (exact) mass is 259 g/mol. The molecule has 19 heavy (non-hydrogen) atoms. The van der Waals surface area contributed by atoms with Crippen molar-refractivity contribution in [3.63, 3.8) is 0 Å². The van der Waals surface area contributed by atoms with Crippen LogP contribution >= 0.6 is 0 Å². The van der Waals surface area contributed by atoms with Gasteiger partial charge in [0.25, 0.3) is 0 Å². The van der Waals surface area contributed by atoms with Crippen molar-refractivity contribution >= 4 is 5.69 Å². The fourth-order valence-corrected chi connectivity index (χ4v) is 1.82. The standard InChI is InChI=1S/C15H17NO3/c1-10-3-5-12(15(7-10)19-2)16-9-11-4-6-13(17)14(18)8-11/h3-8,16-18H,9H2,1-2H3. The van der Waals surface area contributed by atoms with Crippen molar-refractivity contribution in [2.75, 3.05) is 12.4 Å². The zero-order valence-electron chi connectivity index (χ0n) is 11.0. The lowest BCUT2D eigenvalue weighted by Crippen LogP contribution is -2.01. The van der Waals surface area contributed by atoms with Gasteiger partial charge in [-0.05, 0) is 42.3 Å². The van der Waals surface area contributed by atoms with Crippen molar-refractivity contribution in [1.82, 2.24) is 0 Å². The van der Waals surface area contributed by atoms with Gasteiger partial charge in [0.2, 0.25) is 0 Å². The second-order valence-corrected chi connectivity index (χ2v) is 4.38. The molecule has 0 amide bonds. The van der Waals surface area contributed by atoms with E-state index in [4.69, 9.17) is 4.74 Å². The van der Waals surface area contributed by atoms with Crippen LogP contribution in [-0.2, 0) is 6.54 Å². The Labute approximate surface area is 112 Å². The Kier molecular flexibility index (Phi) is 3.80. The van der Waals surface area contributed by atoms with Crippen molar-refractivity contribution in [3.05, 3.63) is 47.5 Å². The van der Waals surface area contributed by atoms with Crippen LogP contribution in [0.3, 0.4) is 0 Å². The molecular formula is C15H17NO3. The first-order valence-corrected chi connectivity index (χ1v) is 5.99. The molecule has 0 radical (unpaired) electrons. The van der Waals surface area contributed by atoms with Gasteiger partial charge in [-0.3, -0.25) is 0 Å². The number of hydrogen-bond acceptors (Lipinski definition) is 4. The van der Waals surface area contributed by atoms with E-state index in [1.54, 1.807) is 13.2 Å². The van der Waals surface area contributed by atoms with E-state index in [2.05, 4.69) is 5.32 Å². The van der Waals surface area contributed by atoms with Gasteiger partial charge in [-0.25, -0.2) is 0 Å². The van der Waals surface area contributed by atoms with Crippen molar-refractivity contribution < 1.29 is 14.9 Å². The van der Waals surface area contributed by atoms with Crippen LogP contribution in [0.25, 0.3) is 0 Å². The maximum absolute atomic E-state index is 9.43. The lowest BCUT2D eigenvalue weighted by Gasteiger charge is -2.12. The highest BCUT2D eigenvalue weighted by atomic mass is 16.5. The van der Waals surface area contributed by atoms with Crippen LogP contribution in [0.4, 0.5) is 5.69 Å². The molecular weight excluding hydrogens is 242 g/mol. The minimum absolute atomic E-state index is 0.114. The van der Waals surface area contributed by atoms with Gasteiger partial charge >= 0.3 is 0 Å². The van der Waals surface area contributed by atoms with Crippen molar-refractivity contribution in [2.24, 2.45) is 0 Å². The molecule has 0 spiro atoms. The molecule has 0 heterocycles. The summed E-state index contributed by atoms with van der Waals surface area (Å²) in [6.07, 6.45) is 0. The van der Waals surface area contributed by atoms with Crippen LogP contribution in [0.1, 0.15) is 11.1 Å². The highest BCUT2D eigenvalue weighted by Crippen LogP contribution is 2.28. The van der Waals surface area contributed by atoms with Gasteiger partial charge < -0.3 is 20.3 Å². The summed E-state index contributed by atoms with van der Waals surface area (Å²) in [4.78, 5) is 0. The summed E-state index contributed by atoms with van der Waals surface area (Å²) in [5.74, 6) is 0.551. The molecule has 0 aliphatic rings. The van der Waals surface area contributed by atoms with Crippen LogP contribution in [-0.4, -0.2) is 17.3 Å². The zero-order chi connectivity index (χ0) is 13.8. The number of aromatic hydroxyl groups is 2. The third kappa shape index (κ3) is 3.10. The summed E-state index contributed by atoms with van der Waals surface area (Å²) >= 11 is 0. The Morgan fingerprint density at radius 3 is 2.53 bits per heavy atom. The van der Waals surface area contributed by atoms with E-state index in [0.29, 0.717) is 6.54 Å². The van der Waals surface area contributed by atoms with Crippen molar-refractivity contribution in [3.8, 4) is 17.2 Å². The largest absolute Gasteiger partial charge is 0.504 e. The first-order chi connectivity index (χ1) is 9.10. The molecule has 0 saturated carbocycles. The number of anilines is 1. The molecule has 2 rings (SSSR count). The van der Waals surface area contributed by atoms with Gasteiger partial charge in [-0.15, -0.1) is 0 Å². The number of benzene rings is 2. The molecule has 100 valence electrons. The maximum atomic E-state index is 9.43. The van der Waals surface area contributed by atoms with Crippen LogP contribution in [0.2, 0.25) is 0 Å². The minimum Gasteiger partial charge on any atom is -0.504 e. The Balaban J connectivity index is 2.12. The van der Waals surface area contributed by atoms with Gasteiger partial charge in [0, 0.05) is 6.54 Å². The highest BCUT2D eigenvalue weighted by molar-refractivity contribution is 5.58. The van der Waals surface area contributed by atoms with E-state index in [1.165, 1.54) is 12.1 Å². The van der Waals surface area contributed by atoms with E-state index >= 15 is 0 Å². The molecule has 0 aliphatic carbocycles. The second kappa shape index (κ2) is 5.52. The Morgan fingerprint density at radius 1 is 1.05 bits per heavy atom. The number of phenols is 2. The molecule has 0 unspecified atom stereocenters. The normalized spacial score (nSPS) is 10.2. The van der Waals surface area contributed by atoms with Gasteiger partial charge in [0.05, 0.1) is 12.8 Å². The number of ether oxygens (including phenoxy) is 1. The molecule has 0 atom stereocenters. The molecule has 2 aromatic carbocycles. The number of phenolic OH excluding ortho intramolecular Hbond substituents is 2. The van der Waals surface area contributed by atoms with E-state index in [-0.39, 0.29) is 11.5 Å². The third-order valence-electron chi connectivity index (χ3n) is 2.88. The van der Waals surface area contributed by atoms with E-state index in [0.717, 1.165) is 22.6 Å². The lowest BCUT2D eigenvalue weighted by atomic mass is 10.1. The average Bonchev–Trinajstić information content (AvgIpc) is 2.41. The van der Waals surface area contributed by atoms with Gasteiger partial charge in [-0.2, -0.15) is 0 Å². The predicted octanol–water partition coefficient (Wildman–Crippen LogP) is 3.03. The molecule has 0 fully saturated rings. The smallest absolute Gasteiger partial charge is 0.157 e. The summed E-state index contributed by atoms with van der Waals surface area (Å²) < 4.78 is 5.31. The topological polar surface area (TPSA) is 61.7 Å². The summed E-state index contributed by atoms with van der Waals surface area (Å²) in [5.41, 5.74) is 2.89. The Bertz CT molecular complexity index is 582. The molecule has 4 nitrogen and oxygen atoms in total. The second-order valence-electron chi connectivity index (χ2n) is 4.38. The molecule has 0 aromatic heterocycles. The summed E-state index contributed by atoms with van der Waals surface area (Å²) in [6, 6.07) is 10.7. The minimum atomic E-state index is -0.116. The average molecular weight is 259 g/mol. The van der Waals surface area contributed by atoms with E-state index in [1.807, 2.05) is 25.1 Å². The molecule has 0 aliphatic heterocycles. The predicted molar refractivity (Wildman–Crippen MR) is 74.8 cm³/mol. The summed E-state index contributed by atoms with van der Waals surface area (Å²) in [6.45, 7) is 2.54. The Morgan fingerprint density at radius 2 is 1.84 bits per heavy atom. The van der Waals surface area contributed by atoms with Crippen LogP contribution in [0.15, 0.2) is 36.4 Å². The fraction of sp³-hybridized carbons (Fsp3) is 0.200. The summed E-state index contributed by atoms with van der Waals surface area (Å²) in [5, 5.41) is 21.9. The fourth-order valence-electron chi connectivity index (χ4n) is 1.82. The quantitative estimate of drug-likeness (QED) is 0.739. The molecule has 3 N–H and O–H groups in total. The number of hydrogen-bond donors (Lipinski definition) is 3. The van der Waals surface area contributed by atoms with Crippen LogP contribution in [0, 0.1) is 6.92 Å². The Hall–Kier alpha value is -2.36. The number of rotatable bonds is 4. The first-order valence-electron chi connectivity index (χ1n) is 5.99. The van der Waals surface area contributed by atoms with Crippen molar-refractivity contribution in [1.29, 1.82) is 0 Å². The van der Waals surface area contributed by atoms with Crippen LogP contribution in [0.5, 0.6) is 17.2 Å². The lowest BCUT2D eigenvalue weighted by molar-refractivity contribution is 0.403. The van der Waals surface area contributed by atoms with Gasteiger partial charge in [-0.1, -0.05) is 12.1 Å². The number of nitrogens with one attached hydrogen (secondary N) is 1. The van der Waals surface area contributed by atoms with Gasteiger partial charge in [0.15, 0.2) is 11.5 Å². The molecule has 2 aromatic rings. The van der Waals surface area contributed by atoms with E-state index < -0.39 is 0 Å². The molecule has 0 saturated heterocycles. The zero-order valence-corrected chi connectivity index (χ0v) is 11.0. The highest BCUT2D eigenvalue weighted by Gasteiger charge is 2.04. The van der Waals surface area contributed by atoms with Crippen molar-refractivity contribution in [2.45, 2.75) is 13.5 Å². The third-order valence-corrected chi connectivity index (χ3v) is 2.88. The molecule has 4 heteroatoms.